The average Bonchev–Trinajstić information content (AvgIpc) is 2.93. The average molecular weight is 422 g/mol. The third kappa shape index (κ3) is 4.54. The highest BCUT2D eigenvalue weighted by molar-refractivity contribution is 7.91. The van der Waals surface area contributed by atoms with E-state index in [1.807, 2.05) is 7.05 Å². The van der Waals surface area contributed by atoms with Gasteiger partial charge in [-0.25, -0.2) is 8.42 Å². The second-order valence-electron chi connectivity index (χ2n) is 8.56. The third-order valence-electron chi connectivity index (χ3n) is 6.39. The Hall–Kier alpha value is -1.77. The van der Waals surface area contributed by atoms with Crippen LogP contribution in [0, 0.1) is 5.92 Å². The minimum absolute atomic E-state index is 0.00279. The molecule has 4 atom stereocenters. The second kappa shape index (κ2) is 8.53. The van der Waals surface area contributed by atoms with Gasteiger partial charge in [0, 0.05) is 18.1 Å². The van der Waals surface area contributed by atoms with E-state index in [1.165, 1.54) is 4.90 Å². The monoisotopic (exact) mass is 421 g/mol. The minimum atomic E-state index is -3.54. The van der Waals surface area contributed by atoms with Crippen molar-refractivity contribution in [2.75, 3.05) is 12.8 Å². The van der Waals surface area contributed by atoms with Crippen molar-refractivity contribution in [1.29, 1.82) is 0 Å². The fourth-order valence-electron chi connectivity index (χ4n) is 4.56. The van der Waals surface area contributed by atoms with Crippen LogP contribution in [0.4, 0.5) is 0 Å². The highest BCUT2D eigenvalue weighted by Crippen LogP contribution is 2.35. The Kier molecular flexibility index (Phi) is 6.45. The van der Waals surface area contributed by atoms with E-state index in [0.29, 0.717) is 18.9 Å². The number of carbonyl (C=O) groups is 2. The molecule has 0 aromatic heterocycles. The zero-order valence-corrected chi connectivity index (χ0v) is 18.1. The first-order valence-corrected chi connectivity index (χ1v) is 11.9. The van der Waals surface area contributed by atoms with Crippen molar-refractivity contribution in [3.63, 3.8) is 0 Å². The van der Waals surface area contributed by atoms with Gasteiger partial charge in [-0.2, -0.15) is 0 Å². The maximum Gasteiger partial charge on any atom is 0.246 e. The number of hydrogen-bond donors (Lipinski definition) is 1. The molecule has 0 spiro atoms. The van der Waals surface area contributed by atoms with Crippen molar-refractivity contribution in [2.24, 2.45) is 11.7 Å². The van der Waals surface area contributed by atoms with Gasteiger partial charge in [0.05, 0.1) is 23.1 Å². The van der Waals surface area contributed by atoms with Crippen LogP contribution in [0.2, 0.25) is 0 Å². The van der Waals surface area contributed by atoms with Gasteiger partial charge in [0.1, 0.15) is 0 Å². The summed E-state index contributed by atoms with van der Waals surface area (Å²) in [7, 11) is -1.50. The van der Waals surface area contributed by atoms with Crippen LogP contribution in [-0.2, 0) is 19.4 Å². The zero-order chi connectivity index (χ0) is 21.3. The van der Waals surface area contributed by atoms with Crippen LogP contribution in [0.3, 0.4) is 0 Å². The smallest absolute Gasteiger partial charge is 0.246 e. The molecule has 0 unspecified atom stereocenters. The molecule has 1 aromatic carbocycles. The van der Waals surface area contributed by atoms with Crippen LogP contribution in [0.25, 0.3) is 0 Å². The van der Waals surface area contributed by atoms with E-state index in [1.54, 1.807) is 30.3 Å². The van der Waals surface area contributed by atoms with Crippen molar-refractivity contribution in [3.8, 4) is 0 Å². The lowest BCUT2D eigenvalue weighted by Crippen LogP contribution is -2.53. The van der Waals surface area contributed by atoms with Gasteiger partial charge in [0.15, 0.2) is 9.84 Å². The maximum absolute atomic E-state index is 13.1. The fourth-order valence-corrected chi connectivity index (χ4v) is 6.25. The van der Waals surface area contributed by atoms with E-state index >= 15 is 0 Å². The van der Waals surface area contributed by atoms with E-state index in [4.69, 9.17) is 5.73 Å². The number of sulfone groups is 1. The summed E-state index contributed by atoms with van der Waals surface area (Å²) in [5.74, 6) is -1.07. The number of likely N-dealkylation sites (tertiary alicyclic amines) is 1. The van der Waals surface area contributed by atoms with Gasteiger partial charge in [-0.05, 0) is 58.2 Å². The molecule has 8 heteroatoms. The first kappa shape index (κ1) is 21.9. The Bertz CT molecular complexity index is 856. The molecule has 1 aliphatic carbocycles. The molecule has 1 aromatic rings. The number of amides is 2. The largest absolute Gasteiger partial charge is 0.319 e. The van der Waals surface area contributed by atoms with Crippen LogP contribution >= 0.6 is 0 Å². The Morgan fingerprint density at radius 3 is 2.38 bits per heavy atom. The van der Waals surface area contributed by atoms with Gasteiger partial charge >= 0.3 is 0 Å². The maximum atomic E-state index is 13.1. The van der Waals surface area contributed by atoms with Crippen LogP contribution in [0.15, 0.2) is 35.2 Å². The molecular weight excluding hydrogens is 390 g/mol. The number of nitrogens with two attached hydrogens (primary N) is 1. The van der Waals surface area contributed by atoms with Gasteiger partial charge < -0.3 is 10.6 Å². The third-order valence-corrected chi connectivity index (χ3v) is 8.25. The van der Waals surface area contributed by atoms with Crippen molar-refractivity contribution < 1.29 is 18.0 Å². The lowest BCUT2D eigenvalue weighted by Gasteiger charge is -2.43. The lowest BCUT2D eigenvalue weighted by atomic mass is 9.81. The molecule has 1 heterocycles. The predicted molar refractivity (Wildman–Crippen MR) is 111 cm³/mol. The van der Waals surface area contributed by atoms with Gasteiger partial charge in [-0.15, -0.1) is 0 Å². The molecule has 2 amide bonds. The fraction of sp³-hybridized carbons (Fsp3) is 0.619. The summed E-state index contributed by atoms with van der Waals surface area (Å²) >= 11 is 0. The molecule has 3 rings (SSSR count). The quantitative estimate of drug-likeness (QED) is 0.697. The van der Waals surface area contributed by atoms with Gasteiger partial charge in [0.2, 0.25) is 11.8 Å². The molecule has 1 saturated heterocycles. The molecular formula is C21H31N3O4S. The Morgan fingerprint density at radius 2 is 1.83 bits per heavy atom. The standard InChI is InChI=1S/C21H31N3O4S/c1-14(2)23(3)16-9-10-19(24-20(25)12-18(22)21(24)26)15(11-16)13-29(27,28)17-7-5-4-6-8-17/h4-8,14-16,18-19H,9-13,22H2,1-3H3/t15-,16-,18+,19+/m1/s1. The molecule has 1 aliphatic heterocycles. The first-order chi connectivity index (χ1) is 13.6. The summed E-state index contributed by atoms with van der Waals surface area (Å²) in [4.78, 5) is 28.8. The lowest BCUT2D eigenvalue weighted by molar-refractivity contribution is -0.143. The first-order valence-electron chi connectivity index (χ1n) is 10.2. The summed E-state index contributed by atoms with van der Waals surface area (Å²) in [6.07, 6.45) is 2.04. The SMILES string of the molecule is CC(C)N(C)[C@@H]1CC[C@H](N2C(=O)C[C@H](N)C2=O)[C@@H](CS(=O)(=O)c2ccccc2)C1. The molecule has 2 fully saturated rings. The van der Waals surface area contributed by atoms with Crippen molar-refractivity contribution >= 4 is 21.7 Å². The number of hydrogen-bond acceptors (Lipinski definition) is 6. The molecule has 2 aliphatic rings. The summed E-state index contributed by atoms with van der Waals surface area (Å²) in [5.41, 5.74) is 5.81. The van der Waals surface area contributed by atoms with Gasteiger partial charge in [-0.1, -0.05) is 18.2 Å². The van der Waals surface area contributed by atoms with Crippen molar-refractivity contribution in [2.45, 2.75) is 68.6 Å². The van der Waals surface area contributed by atoms with Gasteiger partial charge in [-0.3, -0.25) is 14.5 Å². The summed E-state index contributed by atoms with van der Waals surface area (Å²) in [5, 5.41) is 0. The van der Waals surface area contributed by atoms with E-state index in [0.717, 1.165) is 6.42 Å². The van der Waals surface area contributed by atoms with E-state index in [9.17, 15) is 18.0 Å². The van der Waals surface area contributed by atoms with E-state index in [-0.39, 0.29) is 40.8 Å². The summed E-state index contributed by atoms with van der Waals surface area (Å²) in [6.45, 7) is 4.21. The normalized spacial score (nSPS) is 28.6. The number of benzene rings is 1. The highest BCUT2D eigenvalue weighted by atomic mass is 32.2. The van der Waals surface area contributed by atoms with E-state index < -0.39 is 21.9 Å². The molecule has 29 heavy (non-hydrogen) atoms. The van der Waals surface area contributed by atoms with Crippen LogP contribution in [0.5, 0.6) is 0 Å². The highest BCUT2D eigenvalue weighted by Gasteiger charge is 2.46. The van der Waals surface area contributed by atoms with E-state index in [2.05, 4.69) is 18.7 Å². The van der Waals surface area contributed by atoms with Crippen LogP contribution < -0.4 is 5.73 Å². The Balaban J connectivity index is 1.89. The molecule has 1 saturated carbocycles. The van der Waals surface area contributed by atoms with Gasteiger partial charge in [0.25, 0.3) is 0 Å². The Labute approximate surface area is 173 Å². The molecule has 0 bridgehead atoms. The number of rotatable bonds is 6. The van der Waals surface area contributed by atoms with Crippen LogP contribution in [-0.4, -0.2) is 67.0 Å². The molecule has 7 nitrogen and oxygen atoms in total. The van der Waals surface area contributed by atoms with Crippen molar-refractivity contribution in [3.05, 3.63) is 30.3 Å². The second-order valence-corrected chi connectivity index (χ2v) is 10.6. The van der Waals surface area contributed by atoms with Crippen LogP contribution in [0.1, 0.15) is 39.5 Å². The van der Waals surface area contributed by atoms with Crippen molar-refractivity contribution in [1.82, 2.24) is 9.80 Å². The zero-order valence-electron chi connectivity index (χ0n) is 17.3. The summed E-state index contributed by atoms with van der Waals surface area (Å²) < 4.78 is 26.1. The molecule has 0 radical (unpaired) electrons. The Morgan fingerprint density at radius 1 is 1.17 bits per heavy atom. The number of imide groups is 1. The summed E-state index contributed by atoms with van der Waals surface area (Å²) in [6, 6.07) is 7.66. The molecule has 2 N–H and O–H groups in total. The number of nitrogens with zero attached hydrogens (tertiary/aromatic N) is 2. The predicted octanol–water partition coefficient (Wildman–Crippen LogP) is 1.42. The molecule has 160 valence electrons. The minimum Gasteiger partial charge on any atom is -0.319 e. The topological polar surface area (TPSA) is 101 Å². The number of carbonyl (C=O) groups excluding carboxylic acids is 2.